The van der Waals surface area contributed by atoms with Gasteiger partial charge in [-0.1, -0.05) is 22.9 Å². The SMILES string of the molecule is CC12CCC(=O)C1C2CBr. The van der Waals surface area contributed by atoms with Gasteiger partial charge in [-0.3, -0.25) is 4.79 Å². The lowest BCUT2D eigenvalue weighted by atomic mass is 10.0. The molecule has 2 rings (SSSR count). The molecule has 0 aromatic rings. The third kappa shape index (κ3) is 0.609. The second-order valence-electron chi connectivity index (χ2n) is 3.71. The minimum absolute atomic E-state index is 0.403. The van der Waals surface area contributed by atoms with E-state index in [1.807, 2.05) is 0 Å². The summed E-state index contributed by atoms with van der Waals surface area (Å²) in [7, 11) is 0. The van der Waals surface area contributed by atoms with Gasteiger partial charge in [-0.05, 0) is 17.8 Å². The quantitative estimate of drug-likeness (QED) is 0.595. The Morgan fingerprint density at radius 1 is 1.80 bits per heavy atom. The molecule has 2 saturated carbocycles. The molecule has 0 bridgehead atoms. The van der Waals surface area contributed by atoms with Gasteiger partial charge in [0.2, 0.25) is 0 Å². The number of halogens is 1. The van der Waals surface area contributed by atoms with E-state index in [1.54, 1.807) is 0 Å². The highest BCUT2D eigenvalue weighted by Crippen LogP contribution is 2.66. The van der Waals surface area contributed by atoms with Crippen molar-refractivity contribution >= 4 is 21.7 Å². The van der Waals surface area contributed by atoms with Crippen LogP contribution in [0.2, 0.25) is 0 Å². The Balaban J connectivity index is 2.18. The monoisotopic (exact) mass is 202 g/mol. The van der Waals surface area contributed by atoms with Gasteiger partial charge in [0, 0.05) is 17.7 Å². The van der Waals surface area contributed by atoms with Gasteiger partial charge >= 0.3 is 0 Å². The smallest absolute Gasteiger partial charge is 0.136 e. The summed E-state index contributed by atoms with van der Waals surface area (Å²) in [5.74, 6) is 1.59. The van der Waals surface area contributed by atoms with Crippen molar-refractivity contribution in [2.75, 3.05) is 5.33 Å². The van der Waals surface area contributed by atoms with Crippen LogP contribution in [0.4, 0.5) is 0 Å². The molecule has 0 radical (unpaired) electrons. The number of carbonyl (C=O) groups excluding carboxylic acids is 1. The van der Waals surface area contributed by atoms with Crippen LogP contribution in [0.15, 0.2) is 0 Å². The van der Waals surface area contributed by atoms with Crippen LogP contribution in [0.1, 0.15) is 19.8 Å². The minimum atomic E-state index is 0.403. The van der Waals surface area contributed by atoms with Crippen LogP contribution in [0.5, 0.6) is 0 Å². The van der Waals surface area contributed by atoms with Crippen molar-refractivity contribution in [1.29, 1.82) is 0 Å². The number of carbonyl (C=O) groups is 1. The highest BCUT2D eigenvalue weighted by Gasteiger charge is 2.66. The van der Waals surface area contributed by atoms with Gasteiger partial charge in [-0.2, -0.15) is 0 Å². The molecular formula is C8H11BrO. The largest absolute Gasteiger partial charge is 0.299 e. The van der Waals surface area contributed by atoms with Crippen molar-refractivity contribution in [2.45, 2.75) is 19.8 Å². The zero-order valence-corrected chi connectivity index (χ0v) is 7.65. The molecule has 0 aromatic carbocycles. The van der Waals surface area contributed by atoms with Gasteiger partial charge in [-0.15, -0.1) is 0 Å². The molecule has 2 fully saturated rings. The molecule has 0 aliphatic heterocycles. The zero-order valence-electron chi connectivity index (χ0n) is 6.06. The Kier molecular flexibility index (Phi) is 1.26. The number of Topliss-reactive ketones (excluding diaryl/α,β-unsaturated/α-hetero) is 1. The maximum Gasteiger partial charge on any atom is 0.136 e. The minimum Gasteiger partial charge on any atom is -0.299 e. The second-order valence-corrected chi connectivity index (χ2v) is 4.36. The number of fused-ring (bicyclic) bond motifs is 1. The standard InChI is InChI=1S/C8H11BrO/c1-8-3-2-6(10)7(8)5(8)4-9/h5,7H,2-4H2,1H3. The lowest BCUT2D eigenvalue weighted by Gasteiger charge is -2.02. The topological polar surface area (TPSA) is 17.1 Å². The first-order chi connectivity index (χ1) is 4.70. The van der Waals surface area contributed by atoms with Crippen molar-refractivity contribution in [2.24, 2.45) is 17.3 Å². The van der Waals surface area contributed by atoms with Crippen molar-refractivity contribution in [1.82, 2.24) is 0 Å². The fourth-order valence-electron chi connectivity index (χ4n) is 2.41. The highest BCUT2D eigenvalue weighted by atomic mass is 79.9. The summed E-state index contributed by atoms with van der Waals surface area (Å²) in [6, 6.07) is 0. The molecule has 56 valence electrons. The molecule has 0 saturated heterocycles. The van der Waals surface area contributed by atoms with E-state index in [2.05, 4.69) is 22.9 Å². The highest BCUT2D eigenvalue weighted by molar-refractivity contribution is 9.09. The molecule has 0 aromatic heterocycles. The summed E-state index contributed by atoms with van der Waals surface area (Å²) >= 11 is 3.44. The van der Waals surface area contributed by atoms with Gasteiger partial charge in [0.15, 0.2) is 0 Å². The molecule has 0 heterocycles. The summed E-state index contributed by atoms with van der Waals surface area (Å²) in [5.41, 5.74) is 0.403. The Labute approximate surface area is 69.3 Å². The van der Waals surface area contributed by atoms with E-state index in [-0.39, 0.29) is 0 Å². The Hall–Kier alpha value is 0.150. The van der Waals surface area contributed by atoms with Crippen LogP contribution in [0, 0.1) is 17.3 Å². The predicted molar refractivity (Wildman–Crippen MR) is 43.1 cm³/mol. The molecule has 3 unspecified atom stereocenters. The number of hydrogen-bond donors (Lipinski definition) is 0. The van der Waals surface area contributed by atoms with E-state index >= 15 is 0 Å². The molecule has 2 aliphatic carbocycles. The van der Waals surface area contributed by atoms with Gasteiger partial charge in [-0.25, -0.2) is 0 Å². The summed E-state index contributed by atoms with van der Waals surface area (Å²) in [6.07, 6.45) is 1.97. The maximum atomic E-state index is 11.2. The molecule has 0 N–H and O–H groups in total. The van der Waals surface area contributed by atoms with Crippen LogP contribution in [0.25, 0.3) is 0 Å². The van der Waals surface area contributed by atoms with Crippen LogP contribution in [-0.2, 0) is 4.79 Å². The average Bonchev–Trinajstić information content (AvgIpc) is 2.41. The summed E-state index contributed by atoms with van der Waals surface area (Å²) in [5, 5.41) is 1.01. The van der Waals surface area contributed by atoms with Crippen LogP contribution in [-0.4, -0.2) is 11.1 Å². The van der Waals surface area contributed by atoms with Crippen molar-refractivity contribution in [3.05, 3.63) is 0 Å². The van der Waals surface area contributed by atoms with Crippen LogP contribution >= 0.6 is 15.9 Å². The average molecular weight is 203 g/mol. The van der Waals surface area contributed by atoms with Crippen LogP contribution < -0.4 is 0 Å². The van der Waals surface area contributed by atoms with Gasteiger partial charge in [0.05, 0.1) is 0 Å². The Morgan fingerprint density at radius 3 is 2.80 bits per heavy atom. The molecule has 0 amide bonds. The van der Waals surface area contributed by atoms with Crippen molar-refractivity contribution in [3.63, 3.8) is 0 Å². The van der Waals surface area contributed by atoms with Gasteiger partial charge < -0.3 is 0 Å². The van der Waals surface area contributed by atoms with E-state index in [4.69, 9.17) is 0 Å². The second kappa shape index (κ2) is 1.84. The molecule has 1 nitrogen and oxygen atoms in total. The lowest BCUT2D eigenvalue weighted by Crippen LogP contribution is -2.00. The van der Waals surface area contributed by atoms with E-state index in [9.17, 15) is 4.79 Å². The molecule has 10 heavy (non-hydrogen) atoms. The maximum absolute atomic E-state index is 11.2. The molecular weight excluding hydrogens is 192 g/mol. The molecule has 2 heteroatoms. The normalized spacial score (nSPS) is 51.2. The predicted octanol–water partition coefficient (Wildman–Crippen LogP) is 2.00. The van der Waals surface area contributed by atoms with E-state index < -0.39 is 0 Å². The summed E-state index contributed by atoms with van der Waals surface area (Å²) < 4.78 is 0. The number of rotatable bonds is 1. The summed E-state index contributed by atoms with van der Waals surface area (Å²) in [6.45, 7) is 2.24. The van der Waals surface area contributed by atoms with E-state index in [0.29, 0.717) is 23.0 Å². The lowest BCUT2D eigenvalue weighted by molar-refractivity contribution is -0.119. The first kappa shape index (κ1) is 6.84. The van der Waals surface area contributed by atoms with Gasteiger partial charge in [0.25, 0.3) is 0 Å². The Morgan fingerprint density at radius 2 is 2.50 bits per heavy atom. The fourth-order valence-corrected chi connectivity index (χ4v) is 3.52. The zero-order chi connectivity index (χ0) is 7.35. The molecule has 0 spiro atoms. The third-order valence-corrected chi connectivity index (χ3v) is 3.97. The van der Waals surface area contributed by atoms with E-state index in [1.165, 1.54) is 0 Å². The van der Waals surface area contributed by atoms with Crippen molar-refractivity contribution < 1.29 is 4.79 Å². The van der Waals surface area contributed by atoms with E-state index in [0.717, 1.165) is 18.2 Å². The first-order valence-electron chi connectivity index (χ1n) is 3.79. The first-order valence-corrected chi connectivity index (χ1v) is 4.91. The molecule has 3 atom stereocenters. The van der Waals surface area contributed by atoms with Gasteiger partial charge in [0.1, 0.15) is 5.78 Å². The number of alkyl halides is 1. The fraction of sp³-hybridized carbons (Fsp3) is 0.875. The molecule has 2 aliphatic rings. The summed E-state index contributed by atoms with van der Waals surface area (Å²) in [4.78, 5) is 11.2. The van der Waals surface area contributed by atoms with Crippen molar-refractivity contribution in [3.8, 4) is 0 Å². The number of hydrogen-bond acceptors (Lipinski definition) is 1. The number of ketones is 1. The van der Waals surface area contributed by atoms with Crippen LogP contribution in [0.3, 0.4) is 0 Å². The third-order valence-electron chi connectivity index (χ3n) is 3.27. The Bertz CT molecular complexity index is 190.